The zero-order valence-electron chi connectivity index (χ0n) is 19.8. The average Bonchev–Trinajstić information content (AvgIpc) is 3.03. The third-order valence-electron chi connectivity index (χ3n) is 8.98. The van der Waals surface area contributed by atoms with E-state index in [2.05, 4.69) is 0 Å². The molecule has 7 atom stereocenters. The number of hydrogen-bond acceptors (Lipinski definition) is 7. The van der Waals surface area contributed by atoms with Crippen LogP contribution in [0, 0.1) is 28.6 Å². The van der Waals surface area contributed by atoms with Crippen LogP contribution in [0.3, 0.4) is 0 Å². The van der Waals surface area contributed by atoms with Crippen molar-refractivity contribution in [2.24, 2.45) is 28.6 Å². The number of hydrogen-bond donors (Lipinski definition) is 1. The Bertz CT molecular complexity index is 1030. The number of ketones is 2. The minimum atomic E-state index is -5.21. The minimum absolute atomic E-state index is 0.0607. The molecule has 4 aliphatic carbocycles. The molecule has 4 rings (SSSR count). The molecule has 192 valence electrons. The molecule has 1 N–H and O–H groups in total. The van der Waals surface area contributed by atoms with Gasteiger partial charge >= 0.3 is 18.1 Å². The number of halogens is 3. The number of allylic oxidation sites excluding steroid dienone is 4. The molecule has 35 heavy (non-hydrogen) atoms. The zero-order chi connectivity index (χ0) is 26.0. The Kier molecular flexibility index (Phi) is 6.06. The van der Waals surface area contributed by atoms with Crippen LogP contribution in [0.5, 0.6) is 0 Å². The van der Waals surface area contributed by atoms with Crippen LogP contribution in [0.4, 0.5) is 13.2 Å². The van der Waals surface area contributed by atoms with Crippen LogP contribution in [0.1, 0.15) is 52.9 Å². The number of esters is 2. The predicted molar refractivity (Wildman–Crippen MR) is 115 cm³/mol. The maximum atomic E-state index is 13.2. The van der Waals surface area contributed by atoms with E-state index in [0.717, 1.165) is 12.5 Å². The summed E-state index contributed by atoms with van der Waals surface area (Å²) in [5.41, 5.74) is -3.18. The van der Waals surface area contributed by atoms with Crippen molar-refractivity contribution in [3.63, 3.8) is 0 Å². The Balaban J connectivity index is 1.76. The predicted octanol–water partition coefficient (Wildman–Crippen LogP) is 3.24. The molecule has 0 aliphatic heterocycles. The number of fused-ring (bicyclic) bond motifs is 5. The largest absolute Gasteiger partial charge is 0.490 e. The summed E-state index contributed by atoms with van der Waals surface area (Å²) in [7, 11) is 0. The Hall–Kier alpha value is -2.49. The van der Waals surface area contributed by atoms with Crippen molar-refractivity contribution >= 4 is 23.5 Å². The lowest BCUT2D eigenvalue weighted by Crippen LogP contribution is -2.62. The summed E-state index contributed by atoms with van der Waals surface area (Å²) in [4.78, 5) is 48.2. The van der Waals surface area contributed by atoms with E-state index in [1.54, 1.807) is 13.0 Å². The normalized spacial score (nSPS) is 40.2. The smallest absolute Gasteiger partial charge is 0.458 e. The summed E-state index contributed by atoms with van der Waals surface area (Å²) >= 11 is 0. The van der Waals surface area contributed by atoms with Gasteiger partial charge in [0.1, 0.15) is 11.7 Å². The Morgan fingerprint density at radius 1 is 1.20 bits per heavy atom. The molecular weight excluding hydrogens is 469 g/mol. The van der Waals surface area contributed by atoms with E-state index < -0.39 is 59.0 Å². The van der Waals surface area contributed by atoms with Crippen molar-refractivity contribution in [2.75, 3.05) is 6.61 Å². The first-order valence-corrected chi connectivity index (χ1v) is 11.7. The number of carbonyl (C=O) groups excluding carboxylic acids is 4. The number of rotatable bonds is 4. The van der Waals surface area contributed by atoms with E-state index in [-0.39, 0.29) is 30.5 Å². The number of aliphatic hydroxyl groups is 1. The average molecular weight is 498 g/mol. The first-order valence-electron chi connectivity index (χ1n) is 11.7. The van der Waals surface area contributed by atoms with E-state index in [4.69, 9.17) is 9.47 Å². The molecular formula is C25H29F3O7. The first-order chi connectivity index (χ1) is 16.1. The fourth-order valence-electron chi connectivity index (χ4n) is 7.35. The highest BCUT2D eigenvalue weighted by atomic mass is 19.4. The van der Waals surface area contributed by atoms with Crippen molar-refractivity contribution in [3.8, 4) is 0 Å². The van der Waals surface area contributed by atoms with Crippen LogP contribution in [0.15, 0.2) is 23.8 Å². The van der Waals surface area contributed by atoms with Gasteiger partial charge in [-0.3, -0.25) is 14.4 Å². The fraction of sp³-hybridized carbons (Fsp3) is 0.680. The van der Waals surface area contributed by atoms with Gasteiger partial charge in [-0.05, 0) is 56.1 Å². The van der Waals surface area contributed by atoms with Crippen LogP contribution in [-0.2, 0) is 28.7 Å². The third-order valence-corrected chi connectivity index (χ3v) is 8.98. The summed E-state index contributed by atoms with van der Waals surface area (Å²) in [6.45, 7) is 3.97. The second kappa shape index (κ2) is 8.28. The molecule has 3 fully saturated rings. The second-order valence-electron chi connectivity index (χ2n) is 10.7. The van der Waals surface area contributed by atoms with Crippen LogP contribution in [-0.4, -0.2) is 53.1 Å². The Morgan fingerprint density at radius 3 is 2.51 bits per heavy atom. The molecule has 0 aromatic rings. The van der Waals surface area contributed by atoms with Gasteiger partial charge < -0.3 is 14.6 Å². The zero-order valence-corrected chi connectivity index (χ0v) is 19.8. The van der Waals surface area contributed by atoms with Gasteiger partial charge in [-0.2, -0.15) is 13.2 Å². The molecule has 7 nitrogen and oxygen atoms in total. The van der Waals surface area contributed by atoms with Crippen molar-refractivity contribution in [3.05, 3.63) is 23.8 Å². The summed E-state index contributed by atoms with van der Waals surface area (Å²) < 4.78 is 49.6. The van der Waals surface area contributed by atoms with Gasteiger partial charge in [0.25, 0.3) is 0 Å². The van der Waals surface area contributed by atoms with Crippen molar-refractivity contribution in [1.82, 2.24) is 0 Å². The molecule has 0 spiro atoms. The topological polar surface area (TPSA) is 107 Å². The lowest BCUT2D eigenvalue weighted by Gasteiger charge is -2.60. The number of carbonyl (C=O) groups is 4. The van der Waals surface area contributed by atoms with Gasteiger partial charge in [0.15, 0.2) is 12.4 Å². The van der Waals surface area contributed by atoms with E-state index in [9.17, 15) is 37.5 Å². The number of ether oxygens (including phenoxy) is 2. The first kappa shape index (κ1) is 25.6. The molecule has 0 bridgehead atoms. The third kappa shape index (κ3) is 3.93. The molecule has 0 unspecified atom stereocenters. The van der Waals surface area contributed by atoms with Gasteiger partial charge in [0.05, 0.1) is 0 Å². The maximum absolute atomic E-state index is 13.2. The molecule has 3 saturated carbocycles. The van der Waals surface area contributed by atoms with Crippen molar-refractivity contribution in [1.29, 1.82) is 0 Å². The lowest BCUT2D eigenvalue weighted by atomic mass is 9.46. The molecule has 4 aliphatic rings. The van der Waals surface area contributed by atoms with E-state index in [1.807, 2.05) is 6.92 Å². The van der Waals surface area contributed by atoms with Crippen molar-refractivity contribution < 1.29 is 46.9 Å². The highest BCUT2D eigenvalue weighted by molar-refractivity contribution is 6.01. The van der Waals surface area contributed by atoms with Crippen LogP contribution >= 0.6 is 0 Å². The Labute approximate surface area is 200 Å². The van der Waals surface area contributed by atoms with Crippen LogP contribution < -0.4 is 0 Å². The quantitative estimate of drug-likeness (QED) is 0.593. The standard InChI is InChI=1S/C25H29F3O7/c1-13(29)34-12-19(31)24(33)9-7-17-16-5-4-14-10-15(30)6-8-22(14,2)20(16)18(11-23(17,24)3)35-21(32)25(26,27)28/h6,8,10,16-18,20,33H,4-5,7,9,11-12H2,1-3H3/t16-,17-,18-,20+,22-,23-,24-/m0/s1. The van der Waals surface area contributed by atoms with E-state index in [1.165, 1.54) is 12.2 Å². The van der Waals surface area contributed by atoms with Gasteiger partial charge in [-0.25, -0.2) is 4.79 Å². The van der Waals surface area contributed by atoms with Gasteiger partial charge in [0, 0.05) is 23.7 Å². The number of alkyl halides is 3. The van der Waals surface area contributed by atoms with E-state index in [0.29, 0.717) is 19.3 Å². The fourth-order valence-corrected chi connectivity index (χ4v) is 7.35. The van der Waals surface area contributed by atoms with Gasteiger partial charge in [-0.15, -0.1) is 0 Å². The SMILES string of the molecule is CC(=O)OCC(=O)[C@@]1(O)CC[C@H]2[C@@H]3CCC4=CC(=O)C=C[C@]4(C)[C@H]3[C@@H](OC(=O)C(F)(F)F)C[C@@]21C. The highest BCUT2D eigenvalue weighted by Crippen LogP contribution is 2.67. The van der Waals surface area contributed by atoms with Crippen LogP contribution in [0.25, 0.3) is 0 Å². The summed E-state index contributed by atoms with van der Waals surface area (Å²) in [5, 5.41) is 11.6. The molecule has 0 aromatic heterocycles. The summed E-state index contributed by atoms with van der Waals surface area (Å²) in [6, 6.07) is 0. The van der Waals surface area contributed by atoms with Crippen LogP contribution in [0.2, 0.25) is 0 Å². The number of Topliss-reactive ketones (excluding diaryl/α,β-unsaturated/α-hetero) is 1. The van der Waals surface area contributed by atoms with E-state index >= 15 is 0 Å². The maximum Gasteiger partial charge on any atom is 0.490 e. The molecule has 0 radical (unpaired) electrons. The van der Waals surface area contributed by atoms with Crippen molar-refractivity contribution in [2.45, 2.75) is 70.8 Å². The monoisotopic (exact) mass is 498 g/mol. The lowest BCUT2D eigenvalue weighted by molar-refractivity contribution is -0.224. The van der Waals surface area contributed by atoms with Gasteiger partial charge in [-0.1, -0.05) is 25.5 Å². The molecule has 0 aromatic carbocycles. The Morgan fingerprint density at radius 2 is 1.89 bits per heavy atom. The minimum Gasteiger partial charge on any atom is -0.458 e. The van der Waals surface area contributed by atoms with Gasteiger partial charge in [0.2, 0.25) is 5.78 Å². The molecule has 0 amide bonds. The molecule has 0 heterocycles. The molecule has 0 saturated heterocycles. The molecule has 10 heteroatoms. The second-order valence-corrected chi connectivity index (χ2v) is 10.7. The summed E-state index contributed by atoms with van der Waals surface area (Å²) in [5.74, 6) is -5.02. The highest BCUT2D eigenvalue weighted by Gasteiger charge is 2.69. The summed E-state index contributed by atoms with van der Waals surface area (Å²) in [6.07, 6.45) is -0.523.